The summed E-state index contributed by atoms with van der Waals surface area (Å²) in [6.07, 6.45) is 2.39. The summed E-state index contributed by atoms with van der Waals surface area (Å²) in [7, 11) is 1.77. The fraction of sp³-hybridized carbons (Fsp3) is 0.538. The lowest BCUT2D eigenvalue weighted by molar-refractivity contribution is 0.148. The Morgan fingerprint density at radius 1 is 1.47 bits per heavy atom. The Morgan fingerprint density at radius 3 is 3.07 bits per heavy atom. The van der Waals surface area contributed by atoms with E-state index in [9.17, 15) is 0 Å². The highest BCUT2D eigenvalue weighted by atomic mass is 16.5. The number of hydrogen-bond donors (Lipinski definition) is 1. The van der Waals surface area contributed by atoms with Crippen LogP contribution in [0.25, 0.3) is 0 Å². The zero-order valence-electron chi connectivity index (χ0n) is 9.49. The molecule has 1 aromatic carbocycles. The van der Waals surface area contributed by atoms with Crippen molar-refractivity contribution in [3.8, 4) is 0 Å². The number of methoxy groups -OCH3 is 1. The van der Waals surface area contributed by atoms with Gasteiger partial charge < -0.3 is 10.1 Å². The molecule has 1 aromatic rings. The van der Waals surface area contributed by atoms with Crippen LogP contribution in [0.2, 0.25) is 0 Å². The van der Waals surface area contributed by atoms with Gasteiger partial charge >= 0.3 is 0 Å². The standard InChI is InChI=1S/C13H19NO/c1-10(9-15-2)12-8-7-11-5-3-4-6-13(11)14-12/h3-6,10,12,14H,7-9H2,1-2H3. The molecule has 82 valence electrons. The molecule has 15 heavy (non-hydrogen) atoms. The van der Waals surface area contributed by atoms with Gasteiger partial charge in [0.05, 0.1) is 6.61 Å². The van der Waals surface area contributed by atoms with Crippen LogP contribution in [-0.4, -0.2) is 19.8 Å². The van der Waals surface area contributed by atoms with E-state index in [2.05, 4.69) is 36.5 Å². The third-order valence-corrected chi connectivity index (χ3v) is 3.20. The molecule has 2 heteroatoms. The first kappa shape index (κ1) is 10.5. The van der Waals surface area contributed by atoms with Crippen molar-refractivity contribution in [1.29, 1.82) is 0 Å². The Hall–Kier alpha value is -1.02. The fourth-order valence-corrected chi connectivity index (χ4v) is 2.27. The summed E-state index contributed by atoms with van der Waals surface area (Å²) in [5.74, 6) is 0.573. The van der Waals surface area contributed by atoms with Crippen molar-refractivity contribution in [2.45, 2.75) is 25.8 Å². The fourth-order valence-electron chi connectivity index (χ4n) is 2.27. The molecule has 2 rings (SSSR count). The molecule has 1 aliphatic heterocycles. The van der Waals surface area contributed by atoms with Gasteiger partial charge in [-0.25, -0.2) is 0 Å². The Bertz CT molecular complexity index is 324. The molecule has 0 saturated carbocycles. The molecule has 2 nitrogen and oxygen atoms in total. The average molecular weight is 205 g/mol. The van der Waals surface area contributed by atoms with Gasteiger partial charge in [-0.3, -0.25) is 0 Å². The van der Waals surface area contributed by atoms with Crippen LogP contribution in [0.4, 0.5) is 5.69 Å². The van der Waals surface area contributed by atoms with E-state index in [1.165, 1.54) is 24.1 Å². The van der Waals surface area contributed by atoms with E-state index in [4.69, 9.17) is 4.74 Å². The number of fused-ring (bicyclic) bond motifs is 1. The number of anilines is 1. The number of ether oxygens (including phenoxy) is 1. The molecular formula is C13H19NO. The minimum absolute atomic E-state index is 0.555. The van der Waals surface area contributed by atoms with Crippen LogP contribution >= 0.6 is 0 Å². The summed E-state index contributed by atoms with van der Waals surface area (Å²) in [4.78, 5) is 0. The van der Waals surface area contributed by atoms with Crippen molar-refractivity contribution >= 4 is 5.69 Å². The maximum absolute atomic E-state index is 5.20. The molecule has 0 fully saturated rings. The first-order chi connectivity index (χ1) is 7.31. The van der Waals surface area contributed by atoms with Gasteiger partial charge in [-0.1, -0.05) is 25.1 Å². The van der Waals surface area contributed by atoms with Gasteiger partial charge in [0.25, 0.3) is 0 Å². The normalized spacial score (nSPS) is 21.6. The summed E-state index contributed by atoms with van der Waals surface area (Å²) in [6.45, 7) is 3.08. The second-order valence-corrected chi connectivity index (χ2v) is 4.38. The predicted octanol–water partition coefficient (Wildman–Crippen LogP) is 2.70. The second kappa shape index (κ2) is 4.67. The highest BCUT2D eigenvalue weighted by Gasteiger charge is 2.22. The van der Waals surface area contributed by atoms with Crippen molar-refractivity contribution in [3.05, 3.63) is 29.8 Å². The monoisotopic (exact) mass is 205 g/mol. The lowest BCUT2D eigenvalue weighted by Gasteiger charge is -2.31. The molecule has 0 spiro atoms. The van der Waals surface area contributed by atoms with Crippen LogP contribution in [-0.2, 0) is 11.2 Å². The van der Waals surface area contributed by atoms with E-state index >= 15 is 0 Å². The Labute approximate surface area is 91.6 Å². The maximum Gasteiger partial charge on any atom is 0.0507 e. The van der Waals surface area contributed by atoms with E-state index in [-0.39, 0.29) is 0 Å². The Kier molecular flexibility index (Phi) is 3.27. The van der Waals surface area contributed by atoms with Crippen molar-refractivity contribution in [2.75, 3.05) is 19.0 Å². The summed E-state index contributed by atoms with van der Waals surface area (Å²) < 4.78 is 5.20. The third-order valence-electron chi connectivity index (χ3n) is 3.20. The highest BCUT2D eigenvalue weighted by molar-refractivity contribution is 5.53. The number of aryl methyl sites for hydroxylation is 1. The van der Waals surface area contributed by atoms with Gasteiger partial charge in [0.2, 0.25) is 0 Å². The number of rotatable bonds is 3. The van der Waals surface area contributed by atoms with Crippen molar-refractivity contribution < 1.29 is 4.74 Å². The minimum atomic E-state index is 0.555. The molecule has 1 aliphatic rings. The number of hydrogen-bond acceptors (Lipinski definition) is 2. The van der Waals surface area contributed by atoms with Crippen LogP contribution in [0.15, 0.2) is 24.3 Å². The molecule has 1 heterocycles. The molecule has 1 N–H and O–H groups in total. The number of benzene rings is 1. The summed E-state index contributed by atoms with van der Waals surface area (Å²) >= 11 is 0. The van der Waals surface area contributed by atoms with Crippen LogP contribution in [0.1, 0.15) is 18.9 Å². The molecule has 0 aliphatic carbocycles. The molecule has 0 bridgehead atoms. The van der Waals surface area contributed by atoms with E-state index < -0.39 is 0 Å². The molecular weight excluding hydrogens is 186 g/mol. The lowest BCUT2D eigenvalue weighted by atomic mass is 9.91. The van der Waals surface area contributed by atoms with Crippen molar-refractivity contribution in [1.82, 2.24) is 0 Å². The summed E-state index contributed by atoms with van der Waals surface area (Å²) in [6, 6.07) is 9.13. The van der Waals surface area contributed by atoms with Gasteiger partial charge in [-0.2, -0.15) is 0 Å². The van der Waals surface area contributed by atoms with Gasteiger partial charge in [0.1, 0.15) is 0 Å². The van der Waals surface area contributed by atoms with Gasteiger partial charge in [-0.15, -0.1) is 0 Å². The van der Waals surface area contributed by atoms with Gasteiger partial charge in [0.15, 0.2) is 0 Å². The SMILES string of the molecule is COCC(C)C1CCc2ccccc2N1. The van der Waals surface area contributed by atoms with Crippen LogP contribution in [0.5, 0.6) is 0 Å². The number of para-hydroxylation sites is 1. The van der Waals surface area contributed by atoms with E-state index in [1.807, 2.05) is 0 Å². The smallest absolute Gasteiger partial charge is 0.0507 e. The lowest BCUT2D eigenvalue weighted by Crippen LogP contribution is -2.33. The zero-order valence-corrected chi connectivity index (χ0v) is 9.49. The Balaban J connectivity index is 2.05. The predicted molar refractivity (Wildman–Crippen MR) is 63.2 cm³/mol. The molecule has 2 unspecified atom stereocenters. The van der Waals surface area contributed by atoms with Crippen LogP contribution in [0.3, 0.4) is 0 Å². The van der Waals surface area contributed by atoms with Crippen LogP contribution in [0, 0.1) is 5.92 Å². The van der Waals surface area contributed by atoms with Crippen LogP contribution < -0.4 is 5.32 Å². The highest BCUT2D eigenvalue weighted by Crippen LogP contribution is 2.27. The molecule has 2 atom stereocenters. The van der Waals surface area contributed by atoms with Crippen molar-refractivity contribution in [2.24, 2.45) is 5.92 Å². The first-order valence-electron chi connectivity index (χ1n) is 5.64. The Morgan fingerprint density at radius 2 is 2.27 bits per heavy atom. The van der Waals surface area contributed by atoms with Gasteiger partial charge in [0, 0.05) is 18.8 Å². The van der Waals surface area contributed by atoms with E-state index in [0.717, 1.165) is 6.61 Å². The summed E-state index contributed by atoms with van der Waals surface area (Å²) in [5, 5.41) is 3.60. The molecule has 0 radical (unpaired) electrons. The van der Waals surface area contributed by atoms with Gasteiger partial charge in [-0.05, 0) is 30.4 Å². The summed E-state index contributed by atoms with van der Waals surface area (Å²) in [5.41, 5.74) is 2.75. The zero-order chi connectivity index (χ0) is 10.7. The van der Waals surface area contributed by atoms with E-state index in [0.29, 0.717) is 12.0 Å². The molecule has 0 aromatic heterocycles. The topological polar surface area (TPSA) is 21.3 Å². The molecule has 0 saturated heterocycles. The largest absolute Gasteiger partial charge is 0.384 e. The first-order valence-corrected chi connectivity index (χ1v) is 5.64. The quantitative estimate of drug-likeness (QED) is 0.819. The minimum Gasteiger partial charge on any atom is -0.384 e. The maximum atomic E-state index is 5.20. The molecule has 0 amide bonds. The van der Waals surface area contributed by atoms with E-state index in [1.54, 1.807) is 7.11 Å². The second-order valence-electron chi connectivity index (χ2n) is 4.38. The third kappa shape index (κ3) is 2.32. The number of nitrogens with one attached hydrogen (secondary N) is 1. The average Bonchev–Trinajstić information content (AvgIpc) is 2.29. The van der Waals surface area contributed by atoms with Crippen molar-refractivity contribution in [3.63, 3.8) is 0 Å².